The van der Waals surface area contributed by atoms with Crippen molar-refractivity contribution in [1.29, 1.82) is 0 Å². The lowest BCUT2D eigenvalue weighted by Crippen LogP contribution is -2.26. The van der Waals surface area contributed by atoms with Crippen LogP contribution >= 0.6 is 0 Å². The number of halogens is 1. The summed E-state index contributed by atoms with van der Waals surface area (Å²) in [4.78, 5) is 10.2. The molecule has 1 N–H and O–H groups in total. The lowest BCUT2D eigenvalue weighted by atomic mass is 10.3. The molecular weight excluding hydrogens is 349 g/mol. The predicted octanol–water partition coefficient (Wildman–Crippen LogP) is 2.89. The second kappa shape index (κ2) is 7.98. The summed E-state index contributed by atoms with van der Waals surface area (Å²) in [5.41, 5.74) is 0.455. The maximum atomic E-state index is 14.1. The van der Waals surface area contributed by atoms with Crippen LogP contribution in [0, 0.1) is 5.82 Å². The van der Waals surface area contributed by atoms with Gasteiger partial charge >= 0.3 is 5.97 Å². The molecule has 0 radical (unpaired) electrons. The van der Waals surface area contributed by atoms with Crippen LogP contribution in [0.1, 0.15) is 12.8 Å². The summed E-state index contributed by atoms with van der Waals surface area (Å²) in [7, 11) is -2.52. The van der Waals surface area contributed by atoms with Gasteiger partial charge in [0, 0.05) is 13.5 Å². The fourth-order valence-corrected chi connectivity index (χ4v) is 3.31. The Morgan fingerprint density at radius 2 is 1.88 bits per heavy atom. The Morgan fingerprint density at radius 1 is 1.20 bits per heavy atom. The fourth-order valence-electron chi connectivity index (χ4n) is 2.10. The largest absolute Gasteiger partial charge is 0.491 e. The molecule has 0 saturated heterocycles. The van der Waals surface area contributed by atoms with E-state index in [2.05, 4.69) is 0 Å². The van der Waals surface area contributed by atoms with Crippen LogP contribution in [0.3, 0.4) is 0 Å². The fraction of sp³-hybridized carbons (Fsp3) is 0.235. The van der Waals surface area contributed by atoms with Gasteiger partial charge in [-0.25, -0.2) is 12.8 Å². The highest BCUT2D eigenvalue weighted by atomic mass is 32.2. The number of nitrogens with zero attached hydrogens (tertiary/aromatic N) is 1. The van der Waals surface area contributed by atoms with Gasteiger partial charge in [0.05, 0.1) is 17.2 Å². The quantitative estimate of drug-likeness (QED) is 0.725. The van der Waals surface area contributed by atoms with E-state index in [1.54, 1.807) is 30.3 Å². The standard InChI is InChI=1S/C17H18FNO5S/c1-19(13-6-3-2-4-7-13)25(22,23)14-9-10-16(15(18)12-14)24-11-5-8-17(20)21/h2-4,6-7,9-10,12H,5,8,11H2,1H3,(H,20,21). The van der Waals surface area contributed by atoms with Crippen molar-refractivity contribution in [3.63, 3.8) is 0 Å². The molecule has 0 heterocycles. The van der Waals surface area contributed by atoms with E-state index >= 15 is 0 Å². The number of ether oxygens (including phenoxy) is 1. The van der Waals surface area contributed by atoms with Gasteiger partial charge < -0.3 is 9.84 Å². The molecule has 0 fully saturated rings. The molecule has 2 aromatic rings. The van der Waals surface area contributed by atoms with E-state index in [-0.39, 0.29) is 30.1 Å². The highest BCUT2D eigenvalue weighted by Crippen LogP contribution is 2.26. The number of carboxylic acid groups (broad SMARTS) is 1. The molecule has 0 amide bonds. The summed E-state index contributed by atoms with van der Waals surface area (Å²) in [6.45, 7) is 0.0270. The first-order valence-corrected chi connectivity index (χ1v) is 8.94. The third kappa shape index (κ3) is 4.69. The molecule has 6 nitrogen and oxygen atoms in total. The number of benzene rings is 2. The minimum absolute atomic E-state index is 0.0270. The molecule has 0 aromatic heterocycles. The number of anilines is 1. The first-order valence-electron chi connectivity index (χ1n) is 7.50. The first-order chi connectivity index (χ1) is 11.8. The van der Waals surface area contributed by atoms with E-state index in [0.29, 0.717) is 5.69 Å². The Kier molecular flexibility index (Phi) is 5.97. The van der Waals surface area contributed by atoms with Crippen LogP contribution in [-0.4, -0.2) is 33.1 Å². The van der Waals surface area contributed by atoms with Crippen LogP contribution in [0.4, 0.5) is 10.1 Å². The Hall–Kier alpha value is -2.61. The van der Waals surface area contributed by atoms with Gasteiger partial charge in [-0.2, -0.15) is 0 Å². The average Bonchev–Trinajstić information content (AvgIpc) is 2.59. The molecule has 25 heavy (non-hydrogen) atoms. The predicted molar refractivity (Wildman–Crippen MR) is 90.8 cm³/mol. The second-order valence-corrected chi connectivity index (χ2v) is 7.22. The lowest BCUT2D eigenvalue weighted by molar-refractivity contribution is -0.137. The summed E-state index contributed by atoms with van der Waals surface area (Å²) in [5, 5.41) is 8.54. The Balaban J connectivity index is 2.14. The molecular formula is C17H18FNO5S. The maximum Gasteiger partial charge on any atom is 0.303 e. The maximum absolute atomic E-state index is 14.1. The Bertz CT molecular complexity index is 839. The minimum atomic E-state index is -3.91. The van der Waals surface area contributed by atoms with E-state index in [9.17, 15) is 17.6 Å². The third-order valence-electron chi connectivity index (χ3n) is 3.47. The van der Waals surface area contributed by atoms with Gasteiger partial charge in [0.2, 0.25) is 0 Å². The number of rotatable bonds is 8. The second-order valence-electron chi connectivity index (χ2n) is 5.25. The number of carbonyl (C=O) groups is 1. The molecule has 2 rings (SSSR count). The van der Waals surface area contributed by atoms with Crippen molar-refractivity contribution in [2.45, 2.75) is 17.7 Å². The van der Waals surface area contributed by atoms with Crippen molar-refractivity contribution >= 4 is 21.7 Å². The highest BCUT2D eigenvalue weighted by Gasteiger charge is 2.22. The molecule has 0 bridgehead atoms. The van der Waals surface area contributed by atoms with Crippen LogP contribution in [0.15, 0.2) is 53.4 Å². The number of para-hydroxylation sites is 1. The van der Waals surface area contributed by atoms with Crippen LogP contribution < -0.4 is 9.04 Å². The van der Waals surface area contributed by atoms with Crippen molar-refractivity contribution in [3.8, 4) is 5.75 Å². The molecule has 0 unspecified atom stereocenters. The van der Waals surface area contributed by atoms with Gasteiger partial charge in [-0.05, 0) is 36.8 Å². The summed E-state index contributed by atoms with van der Waals surface area (Å²) in [6, 6.07) is 11.8. The van der Waals surface area contributed by atoms with E-state index in [1.165, 1.54) is 19.2 Å². The molecule has 134 valence electrons. The summed E-state index contributed by atoms with van der Waals surface area (Å²) in [6.07, 6.45) is 0.140. The zero-order chi connectivity index (χ0) is 18.4. The highest BCUT2D eigenvalue weighted by molar-refractivity contribution is 7.92. The number of aliphatic carboxylic acids is 1. The number of hydrogen-bond acceptors (Lipinski definition) is 4. The van der Waals surface area contributed by atoms with E-state index in [0.717, 1.165) is 10.4 Å². The van der Waals surface area contributed by atoms with Crippen molar-refractivity contribution in [3.05, 3.63) is 54.3 Å². The van der Waals surface area contributed by atoms with Crippen LogP contribution in [-0.2, 0) is 14.8 Å². The molecule has 2 aromatic carbocycles. The van der Waals surface area contributed by atoms with E-state index in [1.807, 2.05) is 0 Å². The number of sulfonamides is 1. The molecule has 0 aliphatic heterocycles. The zero-order valence-corrected chi connectivity index (χ0v) is 14.4. The summed E-state index contributed by atoms with van der Waals surface area (Å²) in [5.74, 6) is -1.90. The molecule has 0 aliphatic rings. The van der Waals surface area contributed by atoms with E-state index < -0.39 is 21.8 Å². The van der Waals surface area contributed by atoms with Crippen molar-refractivity contribution in [2.75, 3.05) is 18.0 Å². The normalized spacial score (nSPS) is 11.1. The van der Waals surface area contributed by atoms with Gasteiger partial charge in [0.25, 0.3) is 10.0 Å². The van der Waals surface area contributed by atoms with Gasteiger partial charge in [-0.1, -0.05) is 18.2 Å². The molecule has 0 aliphatic carbocycles. The SMILES string of the molecule is CN(c1ccccc1)S(=O)(=O)c1ccc(OCCCC(=O)O)c(F)c1. The average molecular weight is 367 g/mol. The van der Waals surface area contributed by atoms with Gasteiger partial charge in [0.15, 0.2) is 11.6 Å². The van der Waals surface area contributed by atoms with Crippen LogP contribution in [0.25, 0.3) is 0 Å². The Morgan fingerprint density at radius 3 is 2.48 bits per heavy atom. The van der Waals surface area contributed by atoms with Crippen molar-refractivity contribution in [2.24, 2.45) is 0 Å². The van der Waals surface area contributed by atoms with Crippen molar-refractivity contribution < 1.29 is 27.4 Å². The monoisotopic (exact) mass is 367 g/mol. The van der Waals surface area contributed by atoms with Crippen LogP contribution in [0.2, 0.25) is 0 Å². The lowest BCUT2D eigenvalue weighted by Gasteiger charge is -2.19. The molecule has 8 heteroatoms. The first kappa shape index (κ1) is 18.7. The van der Waals surface area contributed by atoms with E-state index in [4.69, 9.17) is 9.84 Å². The smallest absolute Gasteiger partial charge is 0.303 e. The zero-order valence-electron chi connectivity index (χ0n) is 13.6. The summed E-state index contributed by atoms with van der Waals surface area (Å²) >= 11 is 0. The van der Waals surface area contributed by atoms with Gasteiger partial charge in [-0.15, -0.1) is 0 Å². The van der Waals surface area contributed by atoms with Crippen LogP contribution in [0.5, 0.6) is 5.75 Å². The third-order valence-corrected chi connectivity index (χ3v) is 5.26. The van der Waals surface area contributed by atoms with Crippen molar-refractivity contribution in [1.82, 2.24) is 0 Å². The molecule has 0 atom stereocenters. The number of carboxylic acids is 1. The molecule has 0 spiro atoms. The molecule has 0 saturated carbocycles. The minimum Gasteiger partial charge on any atom is -0.491 e. The summed E-state index contributed by atoms with van der Waals surface area (Å²) < 4.78 is 45.5. The topological polar surface area (TPSA) is 83.9 Å². The van der Waals surface area contributed by atoms with Gasteiger partial charge in [-0.3, -0.25) is 9.10 Å². The number of hydrogen-bond donors (Lipinski definition) is 1. The Labute approximate surface area is 145 Å². The van der Waals surface area contributed by atoms with Gasteiger partial charge in [0.1, 0.15) is 0 Å².